The summed E-state index contributed by atoms with van der Waals surface area (Å²) >= 11 is 0. The van der Waals surface area contributed by atoms with Crippen LogP contribution >= 0.6 is 0 Å². The van der Waals surface area contributed by atoms with Gasteiger partial charge in [0.25, 0.3) is 0 Å². The first-order valence-electron chi connectivity index (χ1n) is 9.72. The van der Waals surface area contributed by atoms with Gasteiger partial charge in [0.1, 0.15) is 11.9 Å². The van der Waals surface area contributed by atoms with Crippen LogP contribution in [0.1, 0.15) is 58.1 Å². The van der Waals surface area contributed by atoms with E-state index in [0.717, 1.165) is 31.2 Å². The van der Waals surface area contributed by atoms with E-state index >= 15 is 0 Å². The highest BCUT2D eigenvalue weighted by atomic mass is 16.5. The summed E-state index contributed by atoms with van der Waals surface area (Å²) in [4.78, 5) is 25.1. The van der Waals surface area contributed by atoms with Crippen molar-refractivity contribution < 1.29 is 19.1 Å². The molecule has 2 N–H and O–H groups in total. The molecule has 1 saturated carbocycles. The minimum Gasteiger partial charge on any atom is -0.493 e. The topological polar surface area (TPSA) is 76.7 Å². The van der Waals surface area contributed by atoms with E-state index in [9.17, 15) is 9.59 Å². The predicted octanol–water partition coefficient (Wildman–Crippen LogP) is 3.84. The van der Waals surface area contributed by atoms with Crippen LogP contribution in [0.2, 0.25) is 0 Å². The van der Waals surface area contributed by atoms with Crippen LogP contribution in [0.5, 0.6) is 5.75 Å². The third-order valence-electron chi connectivity index (χ3n) is 5.22. The van der Waals surface area contributed by atoms with Crippen molar-refractivity contribution in [2.75, 3.05) is 6.61 Å². The smallest absolute Gasteiger partial charge is 0.338 e. The van der Waals surface area contributed by atoms with E-state index in [1.165, 1.54) is 0 Å². The van der Waals surface area contributed by atoms with Crippen molar-refractivity contribution in [2.45, 2.75) is 58.6 Å². The molecule has 6 nitrogen and oxygen atoms in total. The maximum absolute atomic E-state index is 13.0. The predicted molar refractivity (Wildman–Crippen MR) is 102 cm³/mol. The highest BCUT2D eigenvalue weighted by Gasteiger charge is 2.36. The number of amides is 2. The van der Waals surface area contributed by atoms with Crippen molar-refractivity contribution in [3.63, 3.8) is 0 Å². The summed E-state index contributed by atoms with van der Waals surface area (Å²) in [5, 5.41) is 5.55. The van der Waals surface area contributed by atoms with Crippen molar-refractivity contribution >= 4 is 12.0 Å². The molecule has 146 valence electrons. The fourth-order valence-corrected chi connectivity index (χ4v) is 3.75. The summed E-state index contributed by atoms with van der Waals surface area (Å²) in [5.41, 5.74) is 1.71. The molecule has 3 atom stereocenters. The average molecular weight is 372 g/mol. The Labute approximate surface area is 160 Å². The van der Waals surface area contributed by atoms with Gasteiger partial charge in [0.05, 0.1) is 18.2 Å². The van der Waals surface area contributed by atoms with Crippen molar-refractivity contribution in [1.82, 2.24) is 10.6 Å². The third-order valence-corrected chi connectivity index (χ3v) is 5.22. The van der Waals surface area contributed by atoms with Crippen molar-refractivity contribution in [3.05, 3.63) is 41.1 Å². The number of esters is 1. The highest BCUT2D eigenvalue weighted by molar-refractivity contribution is 5.95. The molecule has 1 heterocycles. The first-order chi connectivity index (χ1) is 13.0. The molecule has 0 unspecified atom stereocenters. The summed E-state index contributed by atoms with van der Waals surface area (Å²) in [6.07, 6.45) is 3.84. The summed E-state index contributed by atoms with van der Waals surface area (Å²) in [6, 6.07) is 6.55. The first kappa shape index (κ1) is 19.3. The lowest BCUT2D eigenvalue weighted by molar-refractivity contribution is -0.146. The van der Waals surface area contributed by atoms with Gasteiger partial charge in [0, 0.05) is 11.3 Å². The molecule has 1 aromatic carbocycles. The van der Waals surface area contributed by atoms with Crippen LogP contribution in [0.3, 0.4) is 0 Å². The highest BCUT2D eigenvalue weighted by Crippen LogP contribution is 2.35. The molecule has 0 aromatic heterocycles. The molecule has 1 aliphatic carbocycles. The number of hydrogen-bond acceptors (Lipinski definition) is 4. The van der Waals surface area contributed by atoms with E-state index in [4.69, 9.17) is 9.47 Å². The lowest BCUT2D eigenvalue weighted by Gasteiger charge is -2.30. The van der Waals surface area contributed by atoms with Crippen LogP contribution < -0.4 is 15.4 Å². The molecule has 0 saturated heterocycles. The number of hydrogen-bond donors (Lipinski definition) is 2. The Morgan fingerprint density at radius 1 is 1.26 bits per heavy atom. The second-order valence-corrected chi connectivity index (χ2v) is 7.31. The van der Waals surface area contributed by atoms with Gasteiger partial charge in [0.15, 0.2) is 0 Å². The van der Waals surface area contributed by atoms with Crippen LogP contribution in [0.15, 0.2) is 35.5 Å². The summed E-state index contributed by atoms with van der Waals surface area (Å²) in [6.45, 7) is 6.44. The van der Waals surface area contributed by atoms with Crippen molar-refractivity contribution in [2.24, 2.45) is 5.92 Å². The third kappa shape index (κ3) is 4.26. The zero-order valence-corrected chi connectivity index (χ0v) is 16.2. The molecule has 6 heteroatoms. The van der Waals surface area contributed by atoms with Crippen LogP contribution in [0, 0.1) is 5.92 Å². The molecular weight excluding hydrogens is 344 g/mol. The summed E-state index contributed by atoms with van der Waals surface area (Å²) in [7, 11) is 0. The quantitative estimate of drug-likeness (QED) is 0.744. The van der Waals surface area contributed by atoms with E-state index in [1.807, 2.05) is 31.2 Å². The van der Waals surface area contributed by atoms with Gasteiger partial charge in [-0.15, -0.1) is 0 Å². The molecule has 1 aliphatic heterocycles. The van der Waals surface area contributed by atoms with Crippen molar-refractivity contribution in [3.8, 4) is 5.75 Å². The van der Waals surface area contributed by atoms with Gasteiger partial charge < -0.3 is 20.1 Å². The molecule has 0 bridgehead atoms. The Kier molecular flexibility index (Phi) is 6.04. The van der Waals surface area contributed by atoms with Crippen molar-refractivity contribution in [1.29, 1.82) is 0 Å². The normalized spacial score (nSPS) is 25.0. The Hall–Kier alpha value is -2.50. The number of para-hydroxylation sites is 1. The number of carbonyl (C=O) groups excluding carboxylic acids is 2. The molecule has 1 fully saturated rings. The van der Waals surface area contributed by atoms with Crippen LogP contribution in [0.4, 0.5) is 4.79 Å². The van der Waals surface area contributed by atoms with E-state index in [0.29, 0.717) is 29.5 Å². The summed E-state index contributed by atoms with van der Waals surface area (Å²) in [5.74, 6) is 0.646. The number of rotatable bonds is 6. The van der Waals surface area contributed by atoms with E-state index in [2.05, 4.69) is 17.6 Å². The monoisotopic (exact) mass is 372 g/mol. The Bertz CT molecular complexity index is 743. The number of ether oxygens (including phenoxy) is 2. The zero-order chi connectivity index (χ0) is 19.4. The number of benzene rings is 1. The lowest BCUT2D eigenvalue weighted by atomic mass is 9.94. The molecule has 2 aliphatic rings. The molecular formula is C21H28N2O4. The largest absolute Gasteiger partial charge is 0.493 e. The minimum absolute atomic E-state index is 0.0670. The van der Waals surface area contributed by atoms with E-state index in [1.54, 1.807) is 6.92 Å². The minimum atomic E-state index is -0.601. The summed E-state index contributed by atoms with van der Waals surface area (Å²) < 4.78 is 11.7. The van der Waals surface area contributed by atoms with Crippen LogP contribution in [-0.2, 0) is 9.53 Å². The Morgan fingerprint density at radius 3 is 2.74 bits per heavy atom. The number of nitrogens with one attached hydrogen (secondary N) is 2. The van der Waals surface area contributed by atoms with Gasteiger partial charge in [-0.25, -0.2) is 9.59 Å². The van der Waals surface area contributed by atoms with Gasteiger partial charge >= 0.3 is 12.0 Å². The maximum atomic E-state index is 13.0. The second-order valence-electron chi connectivity index (χ2n) is 7.31. The number of allylic oxidation sites excluding steroid dienone is 1. The Morgan fingerprint density at radius 2 is 2.04 bits per heavy atom. The van der Waals surface area contributed by atoms with Gasteiger partial charge in [-0.2, -0.15) is 0 Å². The fraction of sp³-hybridized carbons (Fsp3) is 0.524. The fourth-order valence-electron chi connectivity index (χ4n) is 3.75. The molecule has 3 rings (SSSR count). The number of carbonyl (C=O) groups is 2. The number of urea groups is 1. The first-order valence-corrected chi connectivity index (χ1v) is 9.72. The van der Waals surface area contributed by atoms with Crippen LogP contribution in [-0.4, -0.2) is 24.7 Å². The van der Waals surface area contributed by atoms with Gasteiger partial charge in [-0.05, 0) is 44.6 Å². The van der Waals surface area contributed by atoms with Gasteiger partial charge in [-0.1, -0.05) is 32.0 Å². The SMILES string of the molecule is CCCOc1ccccc1[C@@H]1NC(=O)NC(C)=C1C(=O)O[C@H]1CCC[C@H]1C. The average Bonchev–Trinajstić information content (AvgIpc) is 3.04. The van der Waals surface area contributed by atoms with Gasteiger partial charge in [-0.3, -0.25) is 0 Å². The molecule has 0 spiro atoms. The lowest BCUT2D eigenvalue weighted by Crippen LogP contribution is -2.45. The Balaban J connectivity index is 1.91. The van der Waals surface area contributed by atoms with Gasteiger partial charge in [0.2, 0.25) is 0 Å². The van der Waals surface area contributed by atoms with E-state index in [-0.39, 0.29) is 18.1 Å². The maximum Gasteiger partial charge on any atom is 0.338 e. The second kappa shape index (κ2) is 8.46. The zero-order valence-electron chi connectivity index (χ0n) is 16.2. The standard InChI is InChI=1S/C21H28N2O4/c1-4-12-26-17-10-6-5-9-15(17)19-18(14(3)22-21(25)23-19)20(24)27-16-11-7-8-13(16)2/h5-6,9-10,13,16,19H,4,7-8,11-12H2,1-3H3,(H2,22,23,25)/t13-,16+,19+/m1/s1. The molecule has 0 radical (unpaired) electrons. The van der Waals surface area contributed by atoms with Crippen LogP contribution in [0.25, 0.3) is 0 Å². The van der Waals surface area contributed by atoms with E-state index < -0.39 is 6.04 Å². The molecule has 2 amide bonds. The molecule has 27 heavy (non-hydrogen) atoms. The molecule has 1 aromatic rings.